The van der Waals surface area contributed by atoms with Gasteiger partial charge in [-0.3, -0.25) is 9.59 Å². The third-order valence-corrected chi connectivity index (χ3v) is 6.42. The number of aryl methyl sites for hydroxylation is 1. The van der Waals surface area contributed by atoms with Crippen molar-refractivity contribution in [3.8, 4) is 0 Å². The molecule has 1 aromatic rings. The van der Waals surface area contributed by atoms with E-state index in [4.69, 9.17) is 11.6 Å². The zero-order valence-corrected chi connectivity index (χ0v) is 16.6. The summed E-state index contributed by atoms with van der Waals surface area (Å²) in [4.78, 5) is 27.1. The number of carbonyl (C=O) groups is 2. The van der Waals surface area contributed by atoms with Gasteiger partial charge in [0.25, 0.3) is 0 Å². The largest absolute Gasteiger partial charge is 0.312 e. The van der Waals surface area contributed by atoms with Crippen molar-refractivity contribution in [2.45, 2.75) is 76.5 Å². The maximum atomic E-state index is 12.8. The van der Waals surface area contributed by atoms with E-state index in [1.807, 2.05) is 30.0 Å². The highest BCUT2D eigenvalue weighted by molar-refractivity contribution is 6.33. The predicted octanol–water partition coefficient (Wildman–Crippen LogP) is 5.53. The quantitative estimate of drug-likeness (QED) is 0.484. The first-order valence-electron chi connectivity index (χ1n) is 10.2. The Balaban J connectivity index is 1.67. The topological polar surface area (TPSA) is 37.4 Å². The summed E-state index contributed by atoms with van der Waals surface area (Å²) < 4.78 is 0. The van der Waals surface area contributed by atoms with Crippen LogP contribution < -0.4 is 4.90 Å². The average molecular weight is 376 g/mol. The van der Waals surface area contributed by atoms with Crippen molar-refractivity contribution < 1.29 is 9.59 Å². The number of halogens is 1. The predicted molar refractivity (Wildman–Crippen MR) is 107 cm³/mol. The lowest BCUT2D eigenvalue weighted by Gasteiger charge is -2.31. The number of ketones is 1. The van der Waals surface area contributed by atoms with Gasteiger partial charge in [0.15, 0.2) is 5.78 Å². The van der Waals surface area contributed by atoms with E-state index in [0.29, 0.717) is 18.4 Å². The highest BCUT2D eigenvalue weighted by Crippen LogP contribution is 2.31. The van der Waals surface area contributed by atoms with E-state index >= 15 is 0 Å². The molecule has 1 saturated carbocycles. The number of hydrogen-bond acceptors (Lipinski definition) is 2. The molecule has 1 fully saturated rings. The highest BCUT2D eigenvalue weighted by atomic mass is 35.5. The minimum Gasteiger partial charge on any atom is -0.312 e. The maximum absolute atomic E-state index is 12.8. The van der Waals surface area contributed by atoms with Crippen LogP contribution in [0.2, 0.25) is 0 Å². The Hall–Kier alpha value is -1.35. The zero-order chi connectivity index (χ0) is 18.5. The Bertz CT molecular complexity index is 652. The Morgan fingerprint density at radius 2 is 1.96 bits per heavy atom. The van der Waals surface area contributed by atoms with Crippen molar-refractivity contribution in [3.63, 3.8) is 0 Å². The lowest BCUT2D eigenvalue weighted by molar-refractivity contribution is -0.119. The number of hydrogen-bond donors (Lipinski definition) is 0. The highest BCUT2D eigenvalue weighted by Gasteiger charge is 2.25. The molecule has 2 aliphatic rings. The number of alkyl halides is 1. The van der Waals surface area contributed by atoms with Crippen LogP contribution in [0.1, 0.15) is 80.6 Å². The van der Waals surface area contributed by atoms with Gasteiger partial charge in [-0.15, -0.1) is 11.6 Å². The number of rotatable bonds is 6. The fourth-order valence-corrected chi connectivity index (χ4v) is 4.44. The Labute approximate surface area is 162 Å². The van der Waals surface area contributed by atoms with Crippen molar-refractivity contribution in [1.82, 2.24) is 0 Å². The van der Waals surface area contributed by atoms with Crippen molar-refractivity contribution in [2.24, 2.45) is 5.92 Å². The first-order chi connectivity index (χ1) is 12.6. The van der Waals surface area contributed by atoms with Crippen LogP contribution in [0.15, 0.2) is 18.2 Å². The standard InChI is InChI=1S/C22H30ClNO2/c1-2-19(23)22(26)18-11-12-20-17(15-18)9-6-14-24(20)21(25)13-10-16-7-4-3-5-8-16/h11-12,15-16,19H,2-10,13-14H2,1H3. The molecule has 1 aliphatic carbocycles. The Kier molecular flexibility index (Phi) is 6.74. The molecule has 0 bridgehead atoms. The third kappa shape index (κ3) is 4.49. The van der Waals surface area contributed by atoms with Crippen LogP contribution in [0.25, 0.3) is 0 Å². The number of amides is 1. The van der Waals surface area contributed by atoms with Gasteiger partial charge in [-0.1, -0.05) is 39.0 Å². The molecular weight excluding hydrogens is 346 g/mol. The van der Waals surface area contributed by atoms with Gasteiger partial charge in [-0.05, 0) is 55.4 Å². The summed E-state index contributed by atoms with van der Waals surface area (Å²) in [5, 5.41) is -0.468. The van der Waals surface area contributed by atoms with Gasteiger partial charge in [-0.25, -0.2) is 0 Å². The molecule has 1 aliphatic heterocycles. The molecule has 0 saturated heterocycles. The molecule has 1 atom stereocenters. The molecule has 3 nitrogen and oxygen atoms in total. The Morgan fingerprint density at radius 3 is 2.69 bits per heavy atom. The molecule has 0 spiro atoms. The van der Waals surface area contributed by atoms with Crippen LogP contribution in [0.3, 0.4) is 0 Å². The number of fused-ring (bicyclic) bond motifs is 1. The molecule has 1 heterocycles. The lowest BCUT2D eigenvalue weighted by atomic mass is 9.86. The number of Topliss-reactive ketones (excluding diaryl/α,β-unsaturated/α-hetero) is 1. The number of anilines is 1. The normalized spacial score (nSPS) is 19.1. The Morgan fingerprint density at radius 1 is 1.19 bits per heavy atom. The minimum absolute atomic E-state index is 0.0160. The van der Waals surface area contributed by atoms with Crippen molar-refractivity contribution in [3.05, 3.63) is 29.3 Å². The second-order valence-electron chi connectivity index (χ2n) is 7.78. The fraction of sp³-hybridized carbons (Fsp3) is 0.636. The van der Waals surface area contributed by atoms with Gasteiger partial charge in [0.05, 0.1) is 5.38 Å². The molecule has 0 aromatic heterocycles. The van der Waals surface area contributed by atoms with E-state index in [0.717, 1.165) is 43.0 Å². The zero-order valence-electron chi connectivity index (χ0n) is 15.8. The third-order valence-electron chi connectivity index (χ3n) is 5.92. The SMILES string of the molecule is CCC(Cl)C(=O)c1ccc2c(c1)CCCN2C(=O)CCC1CCCCC1. The smallest absolute Gasteiger partial charge is 0.226 e. The van der Waals surface area contributed by atoms with E-state index in [2.05, 4.69) is 0 Å². The van der Waals surface area contributed by atoms with Gasteiger partial charge in [0.1, 0.15) is 0 Å². The summed E-state index contributed by atoms with van der Waals surface area (Å²) in [6.45, 7) is 2.71. The maximum Gasteiger partial charge on any atom is 0.226 e. The van der Waals surface area contributed by atoms with E-state index in [1.165, 1.54) is 32.1 Å². The second kappa shape index (κ2) is 9.03. The summed E-state index contributed by atoms with van der Waals surface area (Å²) in [5.74, 6) is 0.948. The molecule has 1 aromatic carbocycles. The van der Waals surface area contributed by atoms with Crippen molar-refractivity contribution >= 4 is 29.0 Å². The summed E-state index contributed by atoms with van der Waals surface area (Å²) in [6, 6.07) is 5.72. The summed E-state index contributed by atoms with van der Waals surface area (Å²) in [6.07, 6.45) is 10.7. The lowest BCUT2D eigenvalue weighted by Crippen LogP contribution is -2.35. The van der Waals surface area contributed by atoms with Crippen molar-refractivity contribution in [1.29, 1.82) is 0 Å². The fourth-order valence-electron chi connectivity index (χ4n) is 4.31. The molecule has 1 amide bonds. The summed E-state index contributed by atoms with van der Waals surface area (Å²) >= 11 is 6.11. The van der Waals surface area contributed by atoms with Crippen LogP contribution in [-0.2, 0) is 11.2 Å². The van der Waals surface area contributed by atoms with Gasteiger partial charge in [0.2, 0.25) is 5.91 Å². The van der Waals surface area contributed by atoms with Crippen LogP contribution >= 0.6 is 11.6 Å². The van der Waals surface area contributed by atoms with Crippen LogP contribution in [0.4, 0.5) is 5.69 Å². The van der Waals surface area contributed by atoms with Crippen LogP contribution in [0.5, 0.6) is 0 Å². The molecule has 4 heteroatoms. The molecule has 26 heavy (non-hydrogen) atoms. The average Bonchev–Trinajstić information content (AvgIpc) is 2.70. The van der Waals surface area contributed by atoms with Gasteiger partial charge >= 0.3 is 0 Å². The second-order valence-corrected chi connectivity index (χ2v) is 8.30. The molecule has 3 rings (SSSR count). The van der Waals surface area contributed by atoms with E-state index in [9.17, 15) is 9.59 Å². The number of nitrogens with zero attached hydrogens (tertiary/aromatic N) is 1. The first kappa shape index (κ1) is 19.4. The van der Waals surface area contributed by atoms with E-state index in [-0.39, 0.29) is 11.7 Å². The summed E-state index contributed by atoms with van der Waals surface area (Å²) in [5.41, 5.74) is 2.76. The summed E-state index contributed by atoms with van der Waals surface area (Å²) in [7, 11) is 0. The molecule has 0 radical (unpaired) electrons. The first-order valence-corrected chi connectivity index (χ1v) is 10.7. The monoisotopic (exact) mass is 375 g/mol. The minimum atomic E-state index is -0.468. The molecule has 0 N–H and O–H groups in total. The van der Waals surface area contributed by atoms with Gasteiger partial charge < -0.3 is 4.90 Å². The number of benzene rings is 1. The van der Waals surface area contributed by atoms with E-state index < -0.39 is 5.38 Å². The van der Waals surface area contributed by atoms with Crippen LogP contribution in [0, 0.1) is 5.92 Å². The van der Waals surface area contributed by atoms with E-state index in [1.54, 1.807) is 0 Å². The number of carbonyl (C=O) groups excluding carboxylic acids is 2. The van der Waals surface area contributed by atoms with Gasteiger partial charge in [-0.2, -0.15) is 0 Å². The van der Waals surface area contributed by atoms with Gasteiger partial charge in [0, 0.05) is 24.2 Å². The van der Waals surface area contributed by atoms with Crippen molar-refractivity contribution in [2.75, 3.05) is 11.4 Å². The molecular formula is C22H30ClNO2. The van der Waals surface area contributed by atoms with Crippen LogP contribution in [-0.4, -0.2) is 23.6 Å². The molecule has 1 unspecified atom stereocenters. The molecule has 142 valence electrons.